The lowest BCUT2D eigenvalue weighted by atomic mass is 10.1. The quantitative estimate of drug-likeness (QED) is 0.849. The molecule has 1 saturated heterocycles. The Hall–Kier alpha value is -1.75. The molecule has 0 N–H and O–H groups in total. The molecule has 100 valence electrons. The number of rotatable bonds is 2. The highest BCUT2D eigenvalue weighted by atomic mass is 35.5. The highest BCUT2D eigenvalue weighted by Gasteiger charge is 2.34. The number of carbonyl (C=O) groups is 1. The Labute approximate surface area is 115 Å². The van der Waals surface area contributed by atoms with Crippen LogP contribution < -0.4 is 0 Å². The molecule has 1 aliphatic heterocycles. The molecule has 0 unspecified atom stereocenters. The van der Waals surface area contributed by atoms with Crippen molar-refractivity contribution in [3.63, 3.8) is 0 Å². The maximum atomic E-state index is 12.5. The molecule has 0 radical (unpaired) electrons. The van der Waals surface area contributed by atoms with Gasteiger partial charge in [0.1, 0.15) is 5.76 Å². The van der Waals surface area contributed by atoms with Crippen molar-refractivity contribution in [3.05, 3.63) is 41.1 Å². The van der Waals surface area contributed by atoms with Gasteiger partial charge in [0.05, 0.1) is 17.3 Å². The number of aryl methyl sites for hydroxylation is 1. The maximum Gasteiger partial charge on any atom is 0.276 e. The number of nitrogens with zero attached hydrogens (tertiary/aromatic N) is 3. The van der Waals surface area contributed by atoms with Gasteiger partial charge in [0.15, 0.2) is 5.69 Å². The zero-order chi connectivity index (χ0) is 13.4. The number of hydrogen-bond donors (Lipinski definition) is 0. The molecule has 0 aromatic carbocycles. The van der Waals surface area contributed by atoms with E-state index >= 15 is 0 Å². The highest BCUT2D eigenvalue weighted by Crippen LogP contribution is 2.33. The van der Waals surface area contributed by atoms with Gasteiger partial charge < -0.3 is 9.32 Å². The summed E-state index contributed by atoms with van der Waals surface area (Å²) in [6.07, 6.45) is 5.13. The summed E-state index contributed by atoms with van der Waals surface area (Å²) < 4.78 is 6.97. The molecule has 1 fully saturated rings. The van der Waals surface area contributed by atoms with Crippen molar-refractivity contribution in [1.29, 1.82) is 0 Å². The van der Waals surface area contributed by atoms with Gasteiger partial charge in [-0.05, 0) is 25.0 Å². The Morgan fingerprint density at radius 1 is 1.58 bits per heavy atom. The van der Waals surface area contributed by atoms with Crippen LogP contribution in [0.4, 0.5) is 0 Å². The van der Waals surface area contributed by atoms with Crippen molar-refractivity contribution < 1.29 is 9.21 Å². The first-order valence-electron chi connectivity index (χ1n) is 6.20. The number of amides is 1. The first kappa shape index (κ1) is 12.3. The summed E-state index contributed by atoms with van der Waals surface area (Å²) in [5, 5.41) is 4.52. The standard InChI is InChI=1S/C13H14ClN3O2/c1-16-8-9(14)12(15-16)13(18)17-6-2-4-10(17)11-5-3-7-19-11/h3,5,7-8,10H,2,4,6H2,1H3/t10-/m1/s1. The fourth-order valence-electron chi connectivity index (χ4n) is 2.53. The lowest BCUT2D eigenvalue weighted by molar-refractivity contribution is 0.0713. The Morgan fingerprint density at radius 2 is 2.42 bits per heavy atom. The number of halogens is 1. The highest BCUT2D eigenvalue weighted by molar-refractivity contribution is 6.33. The molecule has 0 saturated carbocycles. The van der Waals surface area contributed by atoms with E-state index in [1.807, 2.05) is 12.1 Å². The van der Waals surface area contributed by atoms with E-state index in [1.165, 1.54) is 0 Å². The molecular formula is C13H14ClN3O2. The average Bonchev–Trinajstić information content (AvgIpc) is 3.06. The minimum absolute atomic E-state index is 0.0134. The predicted molar refractivity (Wildman–Crippen MR) is 69.9 cm³/mol. The molecule has 1 atom stereocenters. The van der Waals surface area contributed by atoms with Crippen molar-refractivity contribution in [2.75, 3.05) is 6.54 Å². The van der Waals surface area contributed by atoms with Crippen molar-refractivity contribution >= 4 is 17.5 Å². The van der Waals surface area contributed by atoms with Gasteiger partial charge >= 0.3 is 0 Å². The summed E-state index contributed by atoms with van der Waals surface area (Å²) >= 11 is 6.04. The fourth-order valence-corrected chi connectivity index (χ4v) is 2.79. The fraction of sp³-hybridized carbons (Fsp3) is 0.385. The SMILES string of the molecule is Cn1cc(Cl)c(C(=O)N2CCC[C@@H]2c2ccco2)n1. The molecule has 1 aliphatic rings. The van der Waals surface area contributed by atoms with Crippen LogP contribution in [0, 0.1) is 0 Å². The van der Waals surface area contributed by atoms with Crippen molar-refractivity contribution in [1.82, 2.24) is 14.7 Å². The zero-order valence-electron chi connectivity index (χ0n) is 10.5. The Balaban J connectivity index is 1.89. The lowest BCUT2D eigenvalue weighted by Gasteiger charge is -2.22. The number of likely N-dealkylation sites (tertiary alicyclic amines) is 1. The summed E-state index contributed by atoms with van der Waals surface area (Å²) in [5.74, 6) is 0.683. The molecule has 2 aromatic rings. The van der Waals surface area contributed by atoms with Crippen molar-refractivity contribution in [3.8, 4) is 0 Å². The zero-order valence-corrected chi connectivity index (χ0v) is 11.3. The first-order chi connectivity index (χ1) is 9.16. The summed E-state index contributed by atoms with van der Waals surface area (Å²) in [6.45, 7) is 0.705. The van der Waals surface area contributed by atoms with Gasteiger partial charge in [-0.3, -0.25) is 9.48 Å². The normalized spacial score (nSPS) is 19.1. The van der Waals surface area contributed by atoms with Crippen molar-refractivity contribution in [2.45, 2.75) is 18.9 Å². The Bertz CT molecular complexity index is 591. The molecule has 6 heteroatoms. The molecule has 0 spiro atoms. The minimum atomic E-state index is -0.135. The van der Waals surface area contributed by atoms with Gasteiger partial charge in [-0.1, -0.05) is 11.6 Å². The van der Waals surface area contributed by atoms with Gasteiger partial charge in [-0.2, -0.15) is 5.10 Å². The van der Waals surface area contributed by atoms with Crippen LogP contribution in [0.3, 0.4) is 0 Å². The predicted octanol–water partition coefficient (Wildman–Crippen LogP) is 2.64. The van der Waals surface area contributed by atoms with Crippen LogP contribution in [0.5, 0.6) is 0 Å². The van der Waals surface area contributed by atoms with E-state index in [9.17, 15) is 4.79 Å². The van der Waals surface area contributed by atoms with Crippen LogP contribution in [-0.2, 0) is 7.05 Å². The average molecular weight is 280 g/mol. The van der Waals surface area contributed by atoms with Crippen LogP contribution in [0.1, 0.15) is 35.1 Å². The number of aromatic nitrogens is 2. The molecule has 0 bridgehead atoms. The van der Waals surface area contributed by atoms with E-state index < -0.39 is 0 Å². The van der Waals surface area contributed by atoms with E-state index in [1.54, 1.807) is 29.1 Å². The van der Waals surface area contributed by atoms with Crippen LogP contribution in [0.2, 0.25) is 5.02 Å². The van der Waals surface area contributed by atoms with Crippen molar-refractivity contribution in [2.24, 2.45) is 7.05 Å². The Kier molecular flexibility index (Phi) is 3.06. The lowest BCUT2D eigenvalue weighted by Crippen LogP contribution is -2.31. The number of hydrogen-bond acceptors (Lipinski definition) is 3. The maximum absolute atomic E-state index is 12.5. The summed E-state index contributed by atoms with van der Waals surface area (Å²) in [6, 6.07) is 3.72. The summed E-state index contributed by atoms with van der Waals surface area (Å²) in [7, 11) is 1.75. The summed E-state index contributed by atoms with van der Waals surface area (Å²) in [5.41, 5.74) is 0.308. The van der Waals surface area contributed by atoms with E-state index in [0.717, 1.165) is 18.6 Å². The number of carbonyl (C=O) groups excluding carboxylic acids is 1. The van der Waals surface area contributed by atoms with E-state index in [2.05, 4.69) is 5.10 Å². The second-order valence-corrected chi connectivity index (χ2v) is 5.08. The molecule has 19 heavy (non-hydrogen) atoms. The molecular weight excluding hydrogens is 266 g/mol. The van der Waals surface area contributed by atoms with E-state index in [-0.39, 0.29) is 11.9 Å². The van der Waals surface area contributed by atoms with Gasteiger partial charge in [0, 0.05) is 19.8 Å². The second kappa shape index (κ2) is 4.74. The van der Waals surface area contributed by atoms with Gasteiger partial charge in [0.25, 0.3) is 5.91 Å². The minimum Gasteiger partial charge on any atom is -0.467 e. The first-order valence-corrected chi connectivity index (χ1v) is 6.58. The summed E-state index contributed by atoms with van der Waals surface area (Å²) in [4.78, 5) is 14.3. The monoisotopic (exact) mass is 279 g/mol. The van der Waals surface area contributed by atoms with Crippen LogP contribution >= 0.6 is 11.6 Å². The van der Waals surface area contributed by atoms with E-state index in [0.29, 0.717) is 17.3 Å². The molecule has 1 amide bonds. The van der Waals surface area contributed by atoms with Gasteiger partial charge in [0.2, 0.25) is 0 Å². The second-order valence-electron chi connectivity index (χ2n) is 4.67. The number of furan rings is 1. The van der Waals surface area contributed by atoms with Crippen LogP contribution in [0.15, 0.2) is 29.0 Å². The van der Waals surface area contributed by atoms with Gasteiger partial charge in [-0.25, -0.2) is 0 Å². The third kappa shape index (κ3) is 2.14. The topological polar surface area (TPSA) is 51.3 Å². The van der Waals surface area contributed by atoms with Crippen LogP contribution in [0.25, 0.3) is 0 Å². The third-order valence-corrected chi connectivity index (χ3v) is 3.65. The Morgan fingerprint density at radius 3 is 3.05 bits per heavy atom. The van der Waals surface area contributed by atoms with E-state index in [4.69, 9.17) is 16.0 Å². The largest absolute Gasteiger partial charge is 0.467 e. The van der Waals surface area contributed by atoms with Gasteiger partial charge in [-0.15, -0.1) is 0 Å². The molecule has 3 rings (SSSR count). The van der Waals surface area contributed by atoms with Crippen LogP contribution in [-0.4, -0.2) is 27.1 Å². The smallest absolute Gasteiger partial charge is 0.276 e. The molecule has 5 nitrogen and oxygen atoms in total. The molecule has 3 heterocycles. The molecule has 2 aromatic heterocycles. The molecule has 0 aliphatic carbocycles. The third-order valence-electron chi connectivity index (χ3n) is 3.37.